The third-order valence-corrected chi connectivity index (χ3v) is 1.30. The van der Waals surface area contributed by atoms with Crippen LogP contribution in [-0.4, -0.2) is 5.79 Å². The third kappa shape index (κ3) is 1.16. The van der Waals surface area contributed by atoms with E-state index in [4.69, 9.17) is 11.5 Å². The summed E-state index contributed by atoms with van der Waals surface area (Å²) in [7, 11) is 0. The van der Waals surface area contributed by atoms with E-state index in [2.05, 4.69) is 0 Å². The highest BCUT2D eigenvalue weighted by Gasteiger charge is 2.32. The van der Waals surface area contributed by atoms with Gasteiger partial charge in [0, 0.05) is 12.1 Å². The minimum atomic E-state index is -2.39. The lowest BCUT2D eigenvalue weighted by atomic mass is 10.0. The number of rotatable bonds is 0. The summed E-state index contributed by atoms with van der Waals surface area (Å²) in [6.45, 7) is 0. The summed E-state index contributed by atoms with van der Waals surface area (Å²) in [6, 6.07) is 0. The monoisotopic (exact) mass is 146 g/mol. The van der Waals surface area contributed by atoms with Crippen LogP contribution in [0.15, 0.2) is 23.7 Å². The summed E-state index contributed by atoms with van der Waals surface area (Å²) < 4.78 is 25.1. The van der Waals surface area contributed by atoms with Crippen LogP contribution < -0.4 is 11.5 Å². The second-order valence-electron chi connectivity index (χ2n) is 2.30. The molecule has 1 atom stereocenters. The van der Waals surface area contributed by atoms with Crippen molar-refractivity contribution in [3.8, 4) is 0 Å². The van der Waals surface area contributed by atoms with Crippen LogP contribution in [0.25, 0.3) is 0 Å². The molecule has 4 N–H and O–H groups in total. The van der Waals surface area contributed by atoms with Gasteiger partial charge in [-0.05, 0) is 12.2 Å². The molecule has 0 spiro atoms. The van der Waals surface area contributed by atoms with Crippen molar-refractivity contribution in [2.75, 3.05) is 0 Å². The zero-order valence-electron chi connectivity index (χ0n) is 5.27. The van der Waals surface area contributed by atoms with Gasteiger partial charge in [-0.25, -0.2) is 8.78 Å². The van der Waals surface area contributed by atoms with E-state index in [9.17, 15) is 8.78 Å². The standard InChI is InChI=1S/C6H8F2N2/c7-5-2-1-4(9)3-6(5,8)10/h1-2H,3,9-10H2. The van der Waals surface area contributed by atoms with Crippen molar-refractivity contribution in [1.82, 2.24) is 0 Å². The molecule has 1 rings (SSSR count). The van der Waals surface area contributed by atoms with Crippen LogP contribution in [-0.2, 0) is 0 Å². The molecular formula is C6H8F2N2. The SMILES string of the molecule is NC1=CC=C(F)C(N)(F)C1. The molecule has 4 heteroatoms. The lowest BCUT2D eigenvalue weighted by Crippen LogP contribution is -2.38. The molecule has 10 heavy (non-hydrogen) atoms. The van der Waals surface area contributed by atoms with Gasteiger partial charge in [-0.2, -0.15) is 0 Å². The van der Waals surface area contributed by atoms with E-state index in [1.54, 1.807) is 0 Å². The lowest BCUT2D eigenvalue weighted by molar-refractivity contribution is 0.179. The Morgan fingerprint density at radius 2 is 2.10 bits per heavy atom. The van der Waals surface area contributed by atoms with Crippen molar-refractivity contribution in [2.24, 2.45) is 11.5 Å². The second kappa shape index (κ2) is 2.05. The molecule has 0 radical (unpaired) electrons. The van der Waals surface area contributed by atoms with Crippen molar-refractivity contribution in [2.45, 2.75) is 12.2 Å². The molecule has 0 heterocycles. The van der Waals surface area contributed by atoms with Gasteiger partial charge in [0.15, 0.2) is 5.83 Å². The zero-order valence-corrected chi connectivity index (χ0v) is 5.27. The predicted molar refractivity (Wildman–Crippen MR) is 34.1 cm³/mol. The summed E-state index contributed by atoms with van der Waals surface area (Å²) in [5, 5.41) is 0. The van der Waals surface area contributed by atoms with Crippen LogP contribution >= 0.6 is 0 Å². The Bertz CT molecular complexity index is 206. The van der Waals surface area contributed by atoms with E-state index in [1.807, 2.05) is 0 Å². The minimum Gasteiger partial charge on any atom is -0.402 e. The molecule has 0 aromatic heterocycles. The zero-order chi connectivity index (χ0) is 7.78. The Balaban J connectivity index is 2.89. The summed E-state index contributed by atoms with van der Waals surface area (Å²) in [5.74, 6) is -3.36. The van der Waals surface area contributed by atoms with Gasteiger partial charge in [0.2, 0.25) is 5.79 Å². The predicted octanol–water partition coefficient (Wildman–Crippen LogP) is 0.711. The highest BCUT2D eigenvalue weighted by molar-refractivity contribution is 5.26. The Kier molecular flexibility index (Phi) is 1.48. The third-order valence-electron chi connectivity index (χ3n) is 1.30. The van der Waals surface area contributed by atoms with E-state index in [0.717, 1.165) is 6.08 Å². The summed E-state index contributed by atoms with van der Waals surface area (Å²) in [6.07, 6.45) is 1.98. The molecule has 0 fully saturated rings. The fraction of sp³-hybridized carbons (Fsp3) is 0.333. The number of nitrogens with two attached hydrogens (primary N) is 2. The average molecular weight is 146 g/mol. The Morgan fingerprint density at radius 1 is 1.50 bits per heavy atom. The van der Waals surface area contributed by atoms with Gasteiger partial charge in [0.25, 0.3) is 0 Å². The largest absolute Gasteiger partial charge is 0.402 e. The van der Waals surface area contributed by atoms with Crippen molar-refractivity contribution in [3.05, 3.63) is 23.7 Å². The molecule has 1 aliphatic carbocycles. The number of hydrogen-bond acceptors (Lipinski definition) is 2. The van der Waals surface area contributed by atoms with Gasteiger partial charge in [-0.1, -0.05) is 0 Å². The minimum absolute atomic E-state index is 0.256. The van der Waals surface area contributed by atoms with E-state index in [1.165, 1.54) is 6.08 Å². The number of allylic oxidation sites excluding steroid dienone is 2. The first-order valence-electron chi connectivity index (χ1n) is 2.82. The van der Waals surface area contributed by atoms with Crippen LogP contribution in [0.2, 0.25) is 0 Å². The smallest absolute Gasteiger partial charge is 0.216 e. The van der Waals surface area contributed by atoms with Crippen molar-refractivity contribution >= 4 is 0 Å². The van der Waals surface area contributed by atoms with Crippen molar-refractivity contribution in [1.29, 1.82) is 0 Å². The van der Waals surface area contributed by atoms with Gasteiger partial charge in [0.05, 0.1) is 0 Å². The van der Waals surface area contributed by atoms with Gasteiger partial charge >= 0.3 is 0 Å². The Morgan fingerprint density at radius 3 is 2.50 bits per heavy atom. The van der Waals surface area contributed by atoms with E-state index < -0.39 is 11.6 Å². The second-order valence-corrected chi connectivity index (χ2v) is 2.30. The molecular weight excluding hydrogens is 138 g/mol. The van der Waals surface area contributed by atoms with Crippen molar-refractivity contribution in [3.63, 3.8) is 0 Å². The fourth-order valence-corrected chi connectivity index (χ4v) is 0.759. The molecule has 0 aliphatic heterocycles. The van der Waals surface area contributed by atoms with E-state index in [0.29, 0.717) is 0 Å². The highest BCUT2D eigenvalue weighted by Crippen LogP contribution is 2.26. The first-order valence-corrected chi connectivity index (χ1v) is 2.82. The highest BCUT2D eigenvalue weighted by atomic mass is 19.2. The molecule has 0 aromatic rings. The maximum Gasteiger partial charge on any atom is 0.216 e. The van der Waals surface area contributed by atoms with Crippen molar-refractivity contribution < 1.29 is 8.78 Å². The molecule has 1 unspecified atom stereocenters. The van der Waals surface area contributed by atoms with Crippen LogP contribution in [0.5, 0.6) is 0 Å². The van der Waals surface area contributed by atoms with Crippen LogP contribution in [0.3, 0.4) is 0 Å². The quantitative estimate of drug-likeness (QED) is 0.494. The van der Waals surface area contributed by atoms with Gasteiger partial charge in [0.1, 0.15) is 0 Å². The van der Waals surface area contributed by atoms with E-state index >= 15 is 0 Å². The fourth-order valence-electron chi connectivity index (χ4n) is 0.759. The first kappa shape index (κ1) is 7.21. The number of hydrogen-bond donors (Lipinski definition) is 2. The molecule has 0 saturated carbocycles. The maximum atomic E-state index is 12.7. The average Bonchev–Trinajstić information content (AvgIpc) is 1.78. The Hall–Kier alpha value is -0.900. The van der Waals surface area contributed by atoms with Crippen LogP contribution in [0, 0.1) is 0 Å². The molecule has 0 bridgehead atoms. The van der Waals surface area contributed by atoms with Crippen LogP contribution in [0.1, 0.15) is 6.42 Å². The summed E-state index contributed by atoms with van der Waals surface area (Å²) in [4.78, 5) is 0. The lowest BCUT2D eigenvalue weighted by Gasteiger charge is -2.20. The summed E-state index contributed by atoms with van der Waals surface area (Å²) in [5.41, 5.74) is 10.3. The molecule has 0 saturated heterocycles. The van der Waals surface area contributed by atoms with E-state index in [-0.39, 0.29) is 12.1 Å². The van der Waals surface area contributed by atoms with Gasteiger partial charge in [-0.3, -0.25) is 5.73 Å². The Labute approximate surface area is 57.2 Å². The first-order chi connectivity index (χ1) is 4.52. The topological polar surface area (TPSA) is 52.0 Å². The molecule has 1 aliphatic rings. The molecule has 56 valence electrons. The maximum absolute atomic E-state index is 12.7. The number of halogens is 2. The van der Waals surface area contributed by atoms with Crippen LogP contribution in [0.4, 0.5) is 8.78 Å². The molecule has 2 nitrogen and oxygen atoms in total. The summed E-state index contributed by atoms with van der Waals surface area (Å²) >= 11 is 0. The normalized spacial score (nSPS) is 33.1. The molecule has 0 amide bonds. The van der Waals surface area contributed by atoms with Gasteiger partial charge < -0.3 is 5.73 Å². The number of alkyl halides is 1. The van der Waals surface area contributed by atoms with Gasteiger partial charge in [-0.15, -0.1) is 0 Å². The molecule has 0 aromatic carbocycles.